The largest absolute Gasteiger partial charge is 0.450 e. The van der Waals surface area contributed by atoms with Gasteiger partial charge in [-0.3, -0.25) is 0 Å². The summed E-state index contributed by atoms with van der Waals surface area (Å²) in [5.74, 6) is 2.81. The highest BCUT2D eigenvalue weighted by molar-refractivity contribution is 7.26. The van der Waals surface area contributed by atoms with Crippen molar-refractivity contribution in [2.24, 2.45) is 0 Å². The lowest BCUT2D eigenvalue weighted by Gasteiger charge is -2.27. The third kappa shape index (κ3) is 4.99. The summed E-state index contributed by atoms with van der Waals surface area (Å²) >= 11 is 8.12. The van der Waals surface area contributed by atoms with Crippen molar-refractivity contribution in [1.29, 1.82) is 0 Å². The van der Waals surface area contributed by atoms with Crippen molar-refractivity contribution >= 4 is 60.2 Å². The Morgan fingerprint density at radius 2 is 1.06 bits per heavy atom. The fraction of sp³-hybridized carbons (Fsp3) is 0. The zero-order valence-electron chi connectivity index (χ0n) is 25.1. The van der Waals surface area contributed by atoms with Crippen LogP contribution >= 0.6 is 22.9 Å². The van der Waals surface area contributed by atoms with E-state index < -0.39 is 0 Å². The van der Waals surface area contributed by atoms with Gasteiger partial charge in [-0.05, 0) is 95.6 Å². The van der Waals surface area contributed by atoms with Crippen LogP contribution in [0.1, 0.15) is 0 Å². The van der Waals surface area contributed by atoms with Crippen LogP contribution in [0.3, 0.4) is 0 Å². The number of anilines is 3. The topological polar surface area (TPSA) is 21.7 Å². The van der Waals surface area contributed by atoms with E-state index in [1.165, 1.54) is 31.3 Å². The first-order valence-corrected chi connectivity index (χ1v) is 16.6. The van der Waals surface area contributed by atoms with Crippen molar-refractivity contribution in [3.8, 4) is 45.3 Å². The van der Waals surface area contributed by atoms with Crippen molar-refractivity contribution in [3.05, 3.63) is 163 Å². The third-order valence-corrected chi connectivity index (χ3v) is 10.1. The predicted molar refractivity (Wildman–Crippen MR) is 196 cm³/mol. The van der Waals surface area contributed by atoms with Crippen LogP contribution in [-0.2, 0) is 0 Å². The first-order chi connectivity index (χ1) is 23.2. The fourth-order valence-corrected chi connectivity index (χ4v) is 7.67. The molecule has 0 spiro atoms. The lowest BCUT2D eigenvalue weighted by atomic mass is 9.96. The fourth-order valence-electron chi connectivity index (χ4n) is 6.32. The molecule has 9 rings (SSSR count). The maximum Gasteiger partial charge on any atom is 0.172 e. The van der Waals surface area contributed by atoms with Gasteiger partial charge in [-0.15, -0.1) is 11.3 Å². The average Bonchev–Trinajstić information content (AvgIpc) is 3.50. The van der Waals surface area contributed by atoms with Crippen LogP contribution in [-0.4, -0.2) is 0 Å². The molecule has 3 nitrogen and oxygen atoms in total. The number of halogens is 1. The summed E-state index contributed by atoms with van der Waals surface area (Å²) in [6.45, 7) is 0. The lowest BCUT2D eigenvalue weighted by Crippen LogP contribution is -2.10. The van der Waals surface area contributed by atoms with Gasteiger partial charge in [0.15, 0.2) is 23.0 Å². The monoisotopic (exact) mass is 643 g/mol. The summed E-state index contributed by atoms with van der Waals surface area (Å²) in [6, 6.07) is 54.4. The van der Waals surface area contributed by atoms with E-state index >= 15 is 0 Å². The summed E-state index contributed by atoms with van der Waals surface area (Å²) < 4.78 is 15.0. The second kappa shape index (κ2) is 11.4. The standard InChI is InChI=1S/C42H26ClNO2S/c43-30-18-14-28(15-19-30)35-24-29(25-36-34-10-4-7-13-41(34)47-42(35)36)27-16-20-32(21-17-27)44(31-8-2-1-3-9-31)33-22-23-39-40(26-33)46-38-12-6-5-11-37(38)45-39/h1-26H. The van der Waals surface area contributed by atoms with Crippen LogP contribution in [0.2, 0.25) is 5.02 Å². The van der Waals surface area contributed by atoms with Gasteiger partial charge in [0, 0.05) is 48.2 Å². The van der Waals surface area contributed by atoms with E-state index in [1.54, 1.807) is 0 Å². The molecule has 0 saturated carbocycles. The lowest BCUT2D eigenvalue weighted by molar-refractivity contribution is 0.360. The molecule has 224 valence electrons. The normalized spacial score (nSPS) is 11.9. The Kier molecular flexibility index (Phi) is 6.70. The number of nitrogens with zero attached hydrogens (tertiary/aromatic N) is 1. The molecule has 0 aliphatic carbocycles. The Morgan fingerprint density at radius 1 is 0.447 bits per heavy atom. The van der Waals surface area contributed by atoms with Crippen molar-refractivity contribution in [1.82, 2.24) is 0 Å². The molecule has 0 saturated heterocycles. The molecule has 1 aliphatic rings. The highest BCUT2D eigenvalue weighted by Crippen LogP contribution is 2.48. The Balaban J connectivity index is 1.14. The van der Waals surface area contributed by atoms with E-state index in [2.05, 4.69) is 108 Å². The molecule has 0 bridgehead atoms. The van der Waals surface area contributed by atoms with Gasteiger partial charge in [-0.25, -0.2) is 0 Å². The van der Waals surface area contributed by atoms with Gasteiger partial charge >= 0.3 is 0 Å². The number of para-hydroxylation sites is 3. The Labute approximate surface area is 281 Å². The van der Waals surface area contributed by atoms with Crippen molar-refractivity contribution in [3.63, 3.8) is 0 Å². The molecular weight excluding hydrogens is 618 g/mol. The second-order valence-electron chi connectivity index (χ2n) is 11.5. The van der Waals surface area contributed by atoms with Crippen LogP contribution in [0.4, 0.5) is 17.1 Å². The Morgan fingerprint density at radius 3 is 1.85 bits per heavy atom. The van der Waals surface area contributed by atoms with Gasteiger partial charge in [0.2, 0.25) is 0 Å². The molecule has 47 heavy (non-hydrogen) atoms. The summed E-state index contributed by atoms with van der Waals surface area (Å²) in [7, 11) is 0. The molecule has 0 N–H and O–H groups in total. The van der Waals surface area contributed by atoms with Crippen molar-refractivity contribution < 1.29 is 9.47 Å². The number of rotatable bonds is 5. The van der Waals surface area contributed by atoms with Gasteiger partial charge in [0.25, 0.3) is 0 Å². The summed E-state index contributed by atoms with van der Waals surface area (Å²) in [5, 5.41) is 3.28. The van der Waals surface area contributed by atoms with Crippen LogP contribution in [0.5, 0.6) is 23.0 Å². The van der Waals surface area contributed by atoms with Gasteiger partial charge in [-0.2, -0.15) is 0 Å². The van der Waals surface area contributed by atoms with Gasteiger partial charge in [-0.1, -0.05) is 84.4 Å². The first-order valence-electron chi connectivity index (χ1n) is 15.4. The SMILES string of the molecule is Clc1ccc(-c2cc(-c3ccc(N(c4ccccc4)c4ccc5c(c4)Oc4ccccc4O5)cc3)cc3c2sc2ccccc23)cc1. The molecule has 0 unspecified atom stereocenters. The zero-order valence-corrected chi connectivity index (χ0v) is 26.6. The van der Waals surface area contributed by atoms with Gasteiger partial charge in [0.05, 0.1) is 5.69 Å². The third-order valence-electron chi connectivity index (χ3n) is 8.58. The van der Waals surface area contributed by atoms with Crippen LogP contribution in [0.25, 0.3) is 42.4 Å². The zero-order chi connectivity index (χ0) is 31.3. The highest BCUT2D eigenvalue weighted by atomic mass is 35.5. The molecule has 0 atom stereocenters. The summed E-state index contributed by atoms with van der Waals surface area (Å²) in [4.78, 5) is 2.24. The molecule has 5 heteroatoms. The molecule has 2 heterocycles. The van der Waals surface area contributed by atoms with Crippen LogP contribution in [0.15, 0.2) is 158 Å². The second-order valence-corrected chi connectivity index (χ2v) is 13.0. The number of fused-ring (bicyclic) bond motifs is 5. The van der Waals surface area contributed by atoms with E-state index in [0.717, 1.165) is 39.0 Å². The Hall–Kier alpha value is -5.55. The van der Waals surface area contributed by atoms with E-state index in [1.807, 2.05) is 65.9 Å². The average molecular weight is 644 g/mol. The van der Waals surface area contributed by atoms with Crippen molar-refractivity contribution in [2.45, 2.75) is 0 Å². The number of hydrogen-bond donors (Lipinski definition) is 0. The maximum atomic E-state index is 6.28. The number of thiophene rings is 1. The predicted octanol–water partition coefficient (Wildman–Crippen LogP) is 13.4. The maximum absolute atomic E-state index is 6.28. The molecule has 1 aromatic heterocycles. The first kappa shape index (κ1) is 27.7. The summed E-state index contributed by atoms with van der Waals surface area (Å²) in [6.07, 6.45) is 0. The van der Waals surface area contributed by atoms with Crippen LogP contribution in [0, 0.1) is 0 Å². The van der Waals surface area contributed by atoms with Gasteiger partial charge in [0.1, 0.15) is 0 Å². The minimum Gasteiger partial charge on any atom is -0.450 e. The molecule has 8 aromatic rings. The number of hydrogen-bond acceptors (Lipinski definition) is 4. The highest BCUT2D eigenvalue weighted by Gasteiger charge is 2.21. The van der Waals surface area contributed by atoms with E-state index in [-0.39, 0.29) is 0 Å². The molecule has 0 radical (unpaired) electrons. The Bertz CT molecular complexity index is 2420. The van der Waals surface area contributed by atoms with E-state index in [4.69, 9.17) is 21.1 Å². The number of benzene rings is 7. The number of ether oxygens (including phenoxy) is 2. The summed E-state index contributed by atoms with van der Waals surface area (Å²) in [5.41, 5.74) is 7.74. The minimum absolute atomic E-state index is 0.685. The molecule has 7 aromatic carbocycles. The van der Waals surface area contributed by atoms with E-state index in [0.29, 0.717) is 17.2 Å². The molecule has 0 amide bonds. The van der Waals surface area contributed by atoms with Crippen LogP contribution < -0.4 is 14.4 Å². The molecular formula is C42H26ClNO2S. The molecule has 0 fully saturated rings. The van der Waals surface area contributed by atoms with Crippen molar-refractivity contribution in [2.75, 3.05) is 4.90 Å². The minimum atomic E-state index is 0.685. The smallest absolute Gasteiger partial charge is 0.172 e. The van der Waals surface area contributed by atoms with Gasteiger partial charge < -0.3 is 14.4 Å². The quantitative estimate of drug-likeness (QED) is 0.186. The molecule has 1 aliphatic heterocycles. The van der Waals surface area contributed by atoms with E-state index in [9.17, 15) is 0 Å².